The molecule has 0 amide bonds. The summed E-state index contributed by atoms with van der Waals surface area (Å²) in [5.41, 5.74) is 2.06. The normalized spacial score (nSPS) is 13.1. The van der Waals surface area contributed by atoms with Gasteiger partial charge in [-0.3, -0.25) is 4.68 Å². The fourth-order valence-electron chi connectivity index (χ4n) is 2.39. The van der Waals surface area contributed by atoms with Crippen molar-refractivity contribution in [1.29, 1.82) is 0 Å². The predicted molar refractivity (Wildman–Crippen MR) is 73.2 cm³/mol. The van der Waals surface area contributed by atoms with E-state index in [4.69, 9.17) is 16.0 Å². The number of hydrogen-bond donors (Lipinski definition) is 1. The highest BCUT2D eigenvalue weighted by atomic mass is 35.5. The molecule has 0 bridgehead atoms. The Morgan fingerprint density at radius 1 is 1.37 bits per heavy atom. The summed E-state index contributed by atoms with van der Waals surface area (Å²) in [7, 11) is 1.75. The van der Waals surface area contributed by atoms with E-state index < -0.39 is 6.10 Å². The van der Waals surface area contributed by atoms with Crippen molar-refractivity contribution >= 4 is 22.6 Å². The van der Waals surface area contributed by atoms with Crippen molar-refractivity contribution in [2.45, 2.75) is 13.0 Å². The average Bonchev–Trinajstić information content (AvgIpc) is 2.88. The topological polar surface area (TPSA) is 51.2 Å². The highest BCUT2D eigenvalue weighted by Crippen LogP contribution is 2.35. The summed E-state index contributed by atoms with van der Waals surface area (Å²) < 4.78 is 7.24. The van der Waals surface area contributed by atoms with E-state index >= 15 is 0 Å². The second-order valence-electron chi connectivity index (χ2n) is 4.47. The van der Waals surface area contributed by atoms with Gasteiger partial charge in [-0.2, -0.15) is 5.10 Å². The molecule has 0 saturated heterocycles. The van der Waals surface area contributed by atoms with Crippen LogP contribution in [-0.4, -0.2) is 14.9 Å². The molecule has 3 rings (SSSR count). The Labute approximate surface area is 115 Å². The van der Waals surface area contributed by atoms with Crippen LogP contribution < -0.4 is 0 Å². The van der Waals surface area contributed by atoms with E-state index in [1.165, 1.54) is 6.20 Å². The van der Waals surface area contributed by atoms with Gasteiger partial charge in [-0.15, -0.1) is 0 Å². The zero-order valence-electron chi connectivity index (χ0n) is 10.6. The van der Waals surface area contributed by atoms with E-state index in [-0.39, 0.29) is 0 Å². The van der Waals surface area contributed by atoms with Gasteiger partial charge in [0.05, 0.1) is 16.9 Å². The van der Waals surface area contributed by atoms with Crippen molar-refractivity contribution in [1.82, 2.24) is 9.78 Å². The summed E-state index contributed by atoms with van der Waals surface area (Å²) >= 11 is 6.09. The van der Waals surface area contributed by atoms with Gasteiger partial charge in [0, 0.05) is 18.0 Å². The number of furan rings is 1. The third-order valence-electron chi connectivity index (χ3n) is 3.29. The molecular weight excluding hydrogens is 264 g/mol. The number of halogens is 1. The molecule has 1 unspecified atom stereocenters. The van der Waals surface area contributed by atoms with Crippen molar-refractivity contribution < 1.29 is 9.52 Å². The van der Waals surface area contributed by atoms with Gasteiger partial charge in [-0.1, -0.05) is 29.8 Å². The van der Waals surface area contributed by atoms with Crippen molar-refractivity contribution in [2.24, 2.45) is 7.05 Å². The molecule has 0 radical (unpaired) electrons. The Kier molecular flexibility index (Phi) is 2.84. The van der Waals surface area contributed by atoms with Crippen LogP contribution in [0.15, 0.2) is 34.9 Å². The number of aromatic nitrogens is 2. The van der Waals surface area contributed by atoms with Crippen LogP contribution in [0.25, 0.3) is 11.0 Å². The van der Waals surface area contributed by atoms with Crippen molar-refractivity contribution in [3.63, 3.8) is 0 Å². The van der Waals surface area contributed by atoms with Crippen molar-refractivity contribution in [3.05, 3.63) is 52.5 Å². The third kappa shape index (κ3) is 1.84. The lowest BCUT2D eigenvalue weighted by molar-refractivity contribution is 0.209. The maximum atomic E-state index is 10.6. The number of fused-ring (bicyclic) bond motifs is 1. The van der Waals surface area contributed by atoms with Gasteiger partial charge in [0.25, 0.3) is 0 Å². The number of aryl methyl sites for hydroxylation is 2. The Bertz CT molecular complexity index is 726. The Morgan fingerprint density at radius 3 is 2.79 bits per heavy atom. The minimum atomic E-state index is -0.858. The summed E-state index contributed by atoms with van der Waals surface area (Å²) in [4.78, 5) is 0. The largest absolute Gasteiger partial charge is 0.461 e. The highest BCUT2D eigenvalue weighted by molar-refractivity contribution is 6.31. The molecule has 19 heavy (non-hydrogen) atoms. The number of aliphatic hydroxyl groups excluding tert-OH is 1. The zero-order valence-corrected chi connectivity index (χ0v) is 11.3. The molecule has 2 heterocycles. The van der Waals surface area contributed by atoms with Crippen LogP contribution in [0.5, 0.6) is 0 Å². The van der Waals surface area contributed by atoms with Gasteiger partial charge in [0.2, 0.25) is 0 Å². The van der Waals surface area contributed by atoms with Crippen molar-refractivity contribution in [3.8, 4) is 0 Å². The van der Waals surface area contributed by atoms with Crippen LogP contribution in [0.2, 0.25) is 5.02 Å². The predicted octanol–water partition coefficient (Wildman–Crippen LogP) is 3.21. The molecule has 1 atom stereocenters. The molecule has 3 aromatic rings. The lowest BCUT2D eigenvalue weighted by Crippen LogP contribution is -2.07. The Hall–Kier alpha value is -1.78. The molecule has 1 N–H and O–H groups in total. The number of para-hydroxylation sites is 1. The SMILES string of the molecule is Cc1oc2ccccc2c1C(O)c1c(Cl)cnn1C. The first-order valence-electron chi connectivity index (χ1n) is 5.93. The maximum absolute atomic E-state index is 10.6. The molecule has 1 aromatic carbocycles. The fourth-order valence-corrected chi connectivity index (χ4v) is 2.66. The minimum absolute atomic E-state index is 0.444. The van der Waals surface area contributed by atoms with Crippen LogP contribution in [0.4, 0.5) is 0 Å². The number of benzene rings is 1. The first kappa shape index (κ1) is 12.3. The van der Waals surface area contributed by atoms with E-state index in [2.05, 4.69) is 5.10 Å². The van der Waals surface area contributed by atoms with Crippen LogP contribution in [0, 0.1) is 6.92 Å². The molecule has 0 aliphatic carbocycles. The number of nitrogens with zero attached hydrogens (tertiary/aromatic N) is 2. The van der Waals surface area contributed by atoms with Crippen LogP contribution in [0.3, 0.4) is 0 Å². The molecule has 0 fully saturated rings. The summed E-state index contributed by atoms with van der Waals surface area (Å²) in [5, 5.41) is 16.0. The monoisotopic (exact) mass is 276 g/mol. The molecule has 0 spiro atoms. The number of aliphatic hydroxyl groups is 1. The second kappa shape index (κ2) is 4.40. The van der Waals surface area contributed by atoms with E-state index in [1.807, 2.05) is 31.2 Å². The van der Waals surface area contributed by atoms with Crippen LogP contribution in [0.1, 0.15) is 23.1 Å². The zero-order chi connectivity index (χ0) is 13.6. The minimum Gasteiger partial charge on any atom is -0.461 e. The molecule has 4 nitrogen and oxygen atoms in total. The van der Waals surface area contributed by atoms with E-state index in [9.17, 15) is 5.11 Å². The fraction of sp³-hybridized carbons (Fsp3) is 0.214. The Morgan fingerprint density at radius 2 is 2.11 bits per heavy atom. The first-order valence-corrected chi connectivity index (χ1v) is 6.31. The quantitative estimate of drug-likeness (QED) is 0.782. The summed E-state index contributed by atoms with van der Waals surface area (Å²) in [6, 6.07) is 7.62. The smallest absolute Gasteiger partial charge is 0.134 e. The maximum Gasteiger partial charge on any atom is 0.134 e. The molecule has 0 aliphatic heterocycles. The van der Waals surface area contributed by atoms with Gasteiger partial charge < -0.3 is 9.52 Å². The van der Waals surface area contributed by atoms with Gasteiger partial charge in [0.1, 0.15) is 17.4 Å². The van der Waals surface area contributed by atoms with E-state index in [0.717, 1.165) is 16.5 Å². The molecule has 2 aromatic heterocycles. The average molecular weight is 277 g/mol. The van der Waals surface area contributed by atoms with E-state index in [0.29, 0.717) is 16.5 Å². The molecule has 0 saturated carbocycles. The second-order valence-corrected chi connectivity index (χ2v) is 4.88. The molecule has 98 valence electrons. The lowest BCUT2D eigenvalue weighted by atomic mass is 10.0. The van der Waals surface area contributed by atoms with Gasteiger partial charge >= 0.3 is 0 Å². The third-order valence-corrected chi connectivity index (χ3v) is 3.58. The summed E-state index contributed by atoms with van der Waals surface area (Å²) in [5.74, 6) is 0.686. The summed E-state index contributed by atoms with van der Waals surface area (Å²) in [6.07, 6.45) is 0.668. The van der Waals surface area contributed by atoms with Gasteiger partial charge in [-0.25, -0.2) is 0 Å². The molecule has 0 aliphatic rings. The van der Waals surface area contributed by atoms with Crippen LogP contribution in [-0.2, 0) is 7.05 Å². The van der Waals surface area contributed by atoms with Gasteiger partial charge in [-0.05, 0) is 13.0 Å². The standard InChI is InChI=1S/C14H13ClN2O2/c1-8-12(9-5-3-4-6-11(9)19-8)14(18)13-10(15)7-16-17(13)2/h3-7,14,18H,1-2H3. The lowest BCUT2D eigenvalue weighted by Gasteiger charge is -2.11. The highest BCUT2D eigenvalue weighted by Gasteiger charge is 2.24. The number of rotatable bonds is 2. The number of hydrogen-bond acceptors (Lipinski definition) is 3. The molecular formula is C14H13ClN2O2. The van der Waals surface area contributed by atoms with Crippen molar-refractivity contribution in [2.75, 3.05) is 0 Å². The Balaban J connectivity index is 2.22. The van der Waals surface area contributed by atoms with E-state index in [1.54, 1.807) is 11.7 Å². The van der Waals surface area contributed by atoms with Gasteiger partial charge in [0.15, 0.2) is 0 Å². The first-order chi connectivity index (χ1) is 9.09. The summed E-state index contributed by atoms with van der Waals surface area (Å²) in [6.45, 7) is 1.84. The molecule has 5 heteroatoms. The van der Waals surface area contributed by atoms with Crippen LogP contribution >= 0.6 is 11.6 Å².